The molecule has 3 N–H and O–H groups in total. The number of hydrogen-bond donors (Lipinski definition) is 2. The molecule has 0 radical (unpaired) electrons. The van der Waals surface area contributed by atoms with Crippen LogP contribution in [0.15, 0.2) is 42.5 Å². The van der Waals surface area contributed by atoms with Crippen molar-refractivity contribution < 1.29 is 19.1 Å². The number of carbonyl (C=O) groups excluding carboxylic acids is 2. The molecule has 0 bridgehead atoms. The topological polar surface area (TPSA) is 120 Å². The lowest BCUT2D eigenvalue weighted by atomic mass is 9.89. The molecule has 3 rings (SSSR count). The highest BCUT2D eigenvalue weighted by Crippen LogP contribution is 2.32. The molecule has 2 amide bonds. The van der Waals surface area contributed by atoms with Gasteiger partial charge in [0, 0.05) is 25.7 Å². The van der Waals surface area contributed by atoms with Crippen molar-refractivity contribution in [2.24, 2.45) is 5.73 Å². The molecule has 1 saturated heterocycles. The van der Waals surface area contributed by atoms with Gasteiger partial charge in [0.1, 0.15) is 17.1 Å². The number of rotatable bonds is 7. The van der Waals surface area contributed by atoms with E-state index >= 15 is 0 Å². The van der Waals surface area contributed by atoms with Crippen molar-refractivity contribution in [3.05, 3.63) is 53.7 Å². The Morgan fingerprint density at radius 1 is 1.16 bits per heavy atom. The van der Waals surface area contributed by atoms with Crippen LogP contribution in [0, 0.1) is 0 Å². The first-order chi connectivity index (χ1) is 15.2. The molecule has 2 atom stereocenters. The molecule has 1 aliphatic rings. The first kappa shape index (κ1) is 23.5. The van der Waals surface area contributed by atoms with Gasteiger partial charge in [-0.2, -0.15) is 0 Å². The molecule has 1 aromatic carbocycles. The summed E-state index contributed by atoms with van der Waals surface area (Å²) in [4.78, 5) is 26.5. The molecule has 9 nitrogen and oxygen atoms in total. The van der Waals surface area contributed by atoms with Crippen LogP contribution in [0.25, 0.3) is 0 Å². The predicted octanol–water partition coefficient (Wildman–Crippen LogP) is 2.66. The highest BCUT2D eigenvalue weighted by Gasteiger charge is 2.43. The van der Waals surface area contributed by atoms with Crippen LogP contribution in [-0.4, -0.2) is 58.4 Å². The molecule has 0 spiro atoms. The lowest BCUT2D eigenvalue weighted by Gasteiger charge is -2.30. The number of nitrogens with two attached hydrogens (primary N) is 1. The minimum absolute atomic E-state index is 0.0181. The van der Waals surface area contributed by atoms with E-state index in [0.717, 1.165) is 6.42 Å². The molecule has 0 saturated carbocycles. The summed E-state index contributed by atoms with van der Waals surface area (Å²) in [5, 5.41) is 11.8. The van der Waals surface area contributed by atoms with E-state index in [1.54, 1.807) is 36.1 Å². The SMILES string of the molecule is CCO[C@](C(N)=O)(c1ccccc1)c1ccc(N[C@@H]2CCN(C(=O)OC(C)(C)C)C2)nn1. The van der Waals surface area contributed by atoms with Crippen molar-refractivity contribution in [2.75, 3.05) is 25.0 Å². The number of nitrogens with zero attached hydrogens (tertiary/aromatic N) is 3. The molecule has 172 valence electrons. The van der Waals surface area contributed by atoms with E-state index in [0.29, 0.717) is 30.2 Å². The molecule has 0 unspecified atom stereocenters. The zero-order valence-corrected chi connectivity index (χ0v) is 19.0. The average Bonchev–Trinajstić information content (AvgIpc) is 3.21. The predicted molar refractivity (Wildman–Crippen MR) is 120 cm³/mol. The summed E-state index contributed by atoms with van der Waals surface area (Å²) in [6.45, 7) is 8.70. The summed E-state index contributed by atoms with van der Waals surface area (Å²) in [6.07, 6.45) is 0.436. The lowest BCUT2D eigenvalue weighted by Crippen LogP contribution is -2.45. The second-order valence-corrected chi connectivity index (χ2v) is 8.70. The number of benzene rings is 1. The van der Waals surface area contributed by atoms with Crippen LogP contribution in [0.5, 0.6) is 0 Å². The van der Waals surface area contributed by atoms with Crippen molar-refractivity contribution >= 4 is 17.8 Å². The second-order valence-electron chi connectivity index (χ2n) is 8.70. The first-order valence-corrected chi connectivity index (χ1v) is 10.7. The quantitative estimate of drug-likeness (QED) is 0.678. The van der Waals surface area contributed by atoms with Gasteiger partial charge in [0.25, 0.3) is 5.91 Å². The number of likely N-dealkylation sites (tertiary alicyclic amines) is 1. The molecule has 1 aliphatic heterocycles. The van der Waals surface area contributed by atoms with Crippen molar-refractivity contribution in [3.8, 4) is 0 Å². The van der Waals surface area contributed by atoms with Crippen molar-refractivity contribution in [2.45, 2.75) is 51.4 Å². The average molecular weight is 442 g/mol. The number of ether oxygens (including phenoxy) is 2. The number of anilines is 1. The van der Waals surface area contributed by atoms with E-state index in [-0.39, 0.29) is 18.7 Å². The van der Waals surface area contributed by atoms with Gasteiger partial charge in [-0.15, -0.1) is 10.2 Å². The Hall–Kier alpha value is -3.20. The van der Waals surface area contributed by atoms with Crippen LogP contribution in [0.4, 0.5) is 10.6 Å². The zero-order valence-electron chi connectivity index (χ0n) is 19.0. The molecule has 1 aromatic heterocycles. The second kappa shape index (κ2) is 9.52. The smallest absolute Gasteiger partial charge is 0.410 e. The summed E-state index contributed by atoms with van der Waals surface area (Å²) in [5.74, 6) is -0.128. The molecule has 9 heteroatoms. The van der Waals surface area contributed by atoms with Crippen LogP contribution in [-0.2, 0) is 19.9 Å². The summed E-state index contributed by atoms with van der Waals surface area (Å²) in [5.41, 5.74) is 4.63. The fraction of sp³-hybridized carbons (Fsp3) is 0.478. The minimum atomic E-state index is -1.53. The van der Waals surface area contributed by atoms with Gasteiger partial charge in [-0.3, -0.25) is 4.79 Å². The van der Waals surface area contributed by atoms with Gasteiger partial charge in [-0.1, -0.05) is 30.3 Å². The van der Waals surface area contributed by atoms with Gasteiger partial charge >= 0.3 is 6.09 Å². The Balaban J connectivity index is 1.74. The number of amides is 2. The van der Waals surface area contributed by atoms with Crippen molar-refractivity contribution in [1.29, 1.82) is 0 Å². The highest BCUT2D eigenvalue weighted by molar-refractivity contribution is 5.88. The summed E-state index contributed by atoms with van der Waals surface area (Å²) in [6, 6.07) is 12.5. The van der Waals surface area contributed by atoms with Gasteiger partial charge in [0.2, 0.25) is 5.60 Å². The minimum Gasteiger partial charge on any atom is -0.444 e. The molecule has 1 fully saturated rings. The molecule has 0 aliphatic carbocycles. The van der Waals surface area contributed by atoms with Gasteiger partial charge in [0.05, 0.1) is 0 Å². The van der Waals surface area contributed by atoms with Crippen LogP contribution in [0.3, 0.4) is 0 Å². The number of aromatic nitrogens is 2. The standard InChI is InChI=1S/C23H31N5O4/c1-5-31-23(20(24)29,16-9-7-6-8-10-16)18-11-12-19(27-26-18)25-17-13-14-28(15-17)21(30)32-22(2,3)4/h6-12,17H,5,13-15H2,1-4H3,(H2,24,29)(H,25,27)/t17-,23-/m1/s1. The summed E-state index contributed by atoms with van der Waals surface area (Å²) in [7, 11) is 0. The number of primary amides is 1. The summed E-state index contributed by atoms with van der Waals surface area (Å²) >= 11 is 0. The van der Waals surface area contributed by atoms with Gasteiger partial charge in [-0.25, -0.2) is 4.79 Å². The molecule has 32 heavy (non-hydrogen) atoms. The maximum atomic E-state index is 12.5. The van der Waals surface area contributed by atoms with Crippen molar-refractivity contribution in [1.82, 2.24) is 15.1 Å². The van der Waals surface area contributed by atoms with Crippen LogP contribution >= 0.6 is 0 Å². The zero-order chi connectivity index (χ0) is 23.4. The Morgan fingerprint density at radius 3 is 2.44 bits per heavy atom. The Morgan fingerprint density at radius 2 is 1.88 bits per heavy atom. The normalized spacial score (nSPS) is 18.1. The van der Waals surface area contributed by atoms with Crippen LogP contribution < -0.4 is 11.1 Å². The Labute approximate surface area is 188 Å². The Kier molecular flexibility index (Phi) is 6.98. The van der Waals surface area contributed by atoms with E-state index in [1.165, 1.54) is 0 Å². The molecule has 2 aromatic rings. The highest BCUT2D eigenvalue weighted by atomic mass is 16.6. The third kappa shape index (κ3) is 5.16. The summed E-state index contributed by atoms with van der Waals surface area (Å²) < 4.78 is 11.3. The van der Waals surface area contributed by atoms with Crippen LogP contribution in [0.2, 0.25) is 0 Å². The fourth-order valence-corrected chi connectivity index (χ4v) is 3.71. The Bertz CT molecular complexity index is 930. The van der Waals surface area contributed by atoms with Crippen molar-refractivity contribution in [3.63, 3.8) is 0 Å². The van der Waals surface area contributed by atoms with E-state index in [2.05, 4.69) is 15.5 Å². The van der Waals surface area contributed by atoms with Gasteiger partial charge in [0.15, 0.2) is 0 Å². The van der Waals surface area contributed by atoms with Crippen LogP contribution in [0.1, 0.15) is 45.4 Å². The van der Waals surface area contributed by atoms with E-state index < -0.39 is 17.1 Å². The third-order valence-corrected chi connectivity index (χ3v) is 5.11. The first-order valence-electron chi connectivity index (χ1n) is 10.7. The lowest BCUT2D eigenvalue weighted by molar-refractivity contribution is -0.139. The maximum absolute atomic E-state index is 12.5. The number of hydrogen-bond acceptors (Lipinski definition) is 7. The molecular weight excluding hydrogens is 410 g/mol. The van der Waals surface area contributed by atoms with Gasteiger partial charge in [-0.05, 0) is 51.8 Å². The monoisotopic (exact) mass is 441 g/mol. The molecule has 2 heterocycles. The van der Waals surface area contributed by atoms with Gasteiger partial charge < -0.3 is 25.4 Å². The third-order valence-electron chi connectivity index (χ3n) is 5.11. The van der Waals surface area contributed by atoms with E-state index in [9.17, 15) is 9.59 Å². The largest absolute Gasteiger partial charge is 0.444 e. The molecular formula is C23H31N5O4. The van der Waals surface area contributed by atoms with E-state index in [4.69, 9.17) is 15.2 Å². The number of carbonyl (C=O) groups is 2. The number of nitrogens with one attached hydrogen (secondary N) is 1. The maximum Gasteiger partial charge on any atom is 0.410 e. The van der Waals surface area contributed by atoms with E-state index in [1.807, 2.05) is 39.0 Å². The fourth-order valence-electron chi connectivity index (χ4n) is 3.71.